The molecule has 0 saturated heterocycles. The van der Waals surface area contributed by atoms with Gasteiger partial charge in [0, 0.05) is 24.0 Å². The maximum atomic E-state index is 12.5. The van der Waals surface area contributed by atoms with Crippen molar-refractivity contribution in [3.8, 4) is 23.1 Å². The first-order chi connectivity index (χ1) is 17.1. The van der Waals surface area contributed by atoms with E-state index in [1.165, 1.54) is 13.5 Å². The molecular formula is C24H25N5O6. The predicted molar refractivity (Wildman–Crippen MR) is 127 cm³/mol. The first-order valence-electron chi connectivity index (χ1n) is 10.7. The van der Waals surface area contributed by atoms with Crippen molar-refractivity contribution in [1.82, 2.24) is 10.3 Å². The molecule has 3 rings (SSSR count). The van der Waals surface area contributed by atoms with E-state index < -0.39 is 12.1 Å². The summed E-state index contributed by atoms with van der Waals surface area (Å²) in [5, 5.41) is 16.6. The Kier molecular flexibility index (Phi) is 9.47. The van der Waals surface area contributed by atoms with Crippen molar-refractivity contribution in [3.63, 3.8) is 0 Å². The minimum absolute atomic E-state index is 0.0865. The lowest BCUT2D eigenvalue weighted by Crippen LogP contribution is -2.25. The van der Waals surface area contributed by atoms with Gasteiger partial charge < -0.3 is 34.6 Å². The third-order valence-corrected chi connectivity index (χ3v) is 4.60. The van der Waals surface area contributed by atoms with Gasteiger partial charge in [-0.2, -0.15) is 5.26 Å². The summed E-state index contributed by atoms with van der Waals surface area (Å²) in [6.45, 7) is 0.823. The highest BCUT2D eigenvalue weighted by atomic mass is 16.6. The fourth-order valence-electron chi connectivity index (χ4n) is 3.01. The van der Waals surface area contributed by atoms with Crippen molar-refractivity contribution in [2.45, 2.75) is 13.0 Å². The standard InChI is InChI=1S/C24H25N5O6/c1-32-21-13-19(6-7-20(21)22-15-26-16-35-22)29-23(30)28-18-5-2-4-17(12-18)14-27-24(31)34-11-10-33-9-3-8-25/h2,4-7,12-13,15-16H,3,9-11,14H2,1H3,(H,27,31)(H2,28,29,30). The smallest absolute Gasteiger partial charge is 0.407 e. The zero-order chi connectivity index (χ0) is 24.9. The second kappa shape index (κ2) is 13.2. The highest BCUT2D eigenvalue weighted by molar-refractivity contribution is 6.00. The van der Waals surface area contributed by atoms with E-state index >= 15 is 0 Å². The first kappa shape index (κ1) is 25.1. The van der Waals surface area contributed by atoms with Gasteiger partial charge >= 0.3 is 12.1 Å². The molecule has 35 heavy (non-hydrogen) atoms. The number of carbonyl (C=O) groups is 2. The van der Waals surface area contributed by atoms with Crippen molar-refractivity contribution >= 4 is 23.5 Å². The fraction of sp³-hybridized carbons (Fsp3) is 0.250. The van der Waals surface area contributed by atoms with Crippen LogP contribution in [0.4, 0.5) is 21.0 Å². The summed E-state index contributed by atoms with van der Waals surface area (Å²) in [7, 11) is 1.53. The van der Waals surface area contributed by atoms with Crippen molar-refractivity contribution in [2.75, 3.05) is 37.6 Å². The molecule has 0 unspecified atom stereocenters. The number of hydrogen-bond acceptors (Lipinski definition) is 8. The highest BCUT2D eigenvalue weighted by Gasteiger charge is 2.12. The van der Waals surface area contributed by atoms with Gasteiger partial charge in [-0.25, -0.2) is 14.6 Å². The van der Waals surface area contributed by atoms with Crippen LogP contribution in [0.5, 0.6) is 5.75 Å². The summed E-state index contributed by atoms with van der Waals surface area (Å²) in [5.41, 5.74) is 2.55. The Morgan fingerprint density at radius 2 is 1.91 bits per heavy atom. The number of nitriles is 1. The van der Waals surface area contributed by atoms with Crippen molar-refractivity contribution in [1.29, 1.82) is 5.26 Å². The van der Waals surface area contributed by atoms with E-state index in [4.69, 9.17) is 23.9 Å². The first-order valence-corrected chi connectivity index (χ1v) is 10.7. The number of anilines is 2. The topological polar surface area (TPSA) is 148 Å². The van der Waals surface area contributed by atoms with E-state index in [2.05, 4.69) is 20.9 Å². The van der Waals surface area contributed by atoms with Crippen LogP contribution in [0.15, 0.2) is 59.5 Å². The monoisotopic (exact) mass is 479 g/mol. The Labute approximate surface area is 202 Å². The summed E-state index contributed by atoms with van der Waals surface area (Å²) in [6, 6.07) is 13.7. The van der Waals surface area contributed by atoms with Crippen LogP contribution in [0, 0.1) is 11.3 Å². The van der Waals surface area contributed by atoms with E-state index in [0.717, 1.165) is 5.56 Å². The molecule has 0 atom stereocenters. The number of amides is 3. The van der Waals surface area contributed by atoms with Gasteiger partial charge in [0.25, 0.3) is 0 Å². The Bertz CT molecular complexity index is 1160. The van der Waals surface area contributed by atoms with Gasteiger partial charge in [0.1, 0.15) is 12.4 Å². The molecule has 0 saturated carbocycles. The zero-order valence-corrected chi connectivity index (χ0v) is 19.1. The number of carbonyl (C=O) groups excluding carboxylic acids is 2. The Morgan fingerprint density at radius 3 is 2.66 bits per heavy atom. The molecule has 1 heterocycles. The molecule has 3 N–H and O–H groups in total. The van der Waals surface area contributed by atoms with Gasteiger partial charge in [-0.05, 0) is 29.8 Å². The van der Waals surface area contributed by atoms with Gasteiger partial charge in [-0.15, -0.1) is 0 Å². The molecule has 3 aromatic rings. The fourth-order valence-corrected chi connectivity index (χ4v) is 3.01. The molecule has 0 bridgehead atoms. The normalized spacial score (nSPS) is 10.2. The molecule has 2 aromatic carbocycles. The van der Waals surface area contributed by atoms with Crippen LogP contribution in [0.25, 0.3) is 11.3 Å². The van der Waals surface area contributed by atoms with E-state index in [0.29, 0.717) is 41.5 Å². The largest absolute Gasteiger partial charge is 0.496 e. The third-order valence-electron chi connectivity index (χ3n) is 4.60. The molecule has 11 nitrogen and oxygen atoms in total. The van der Waals surface area contributed by atoms with E-state index in [1.54, 1.807) is 48.7 Å². The number of oxazole rings is 1. The molecule has 0 aliphatic heterocycles. The lowest BCUT2D eigenvalue weighted by Gasteiger charge is -2.12. The van der Waals surface area contributed by atoms with E-state index in [1.807, 2.05) is 6.07 Å². The van der Waals surface area contributed by atoms with Crippen LogP contribution in [0.2, 0.25) is 0 Å². The summed E-state index contributed by atoms with van der Waals surface area (Å²) in [6.07, 6.45) is 2.61. The number of benzene rings is 2. The maximum Gasteiger partial charge on any atom is 0.407 e. The van der Waals surface area contributed by atoms with Crippen molar-refractivity contribution in [2.24, 2.45) is 0 Å². The molecule has 0 fully saturated rings. The quantitative estimate of drug-likeness (QED) is 0.347. The Hall–Kier alpha value is -4.56. The number of urea groups is 1. The number of alkyl carbamates (subject to hydrolysis) is 1. The summed E-state index contributed by atoms with van der Waals surface area (Å²) in [5.74, 6) is 1.07. The Morgan fingerprint density at radius 1 is 1.09 bits per heavy atom. The molecule has 11 heteroatoms. The average molecular weight is 479 g/mol. The number of hydrogen-bond donors (Lipinski definition) is 3. The van der Waals surface area contributed by atoms with Gasteiger partial charge in [-0.1, -0.05) is 12.1 Å². The van der Waals surface area contributed by atoms with Crippen LogP contribution in [-0.4, -0.2) is 44.0 Å². The maximum absolute atomic E-state index is 12.5. The number of ether oxygens (including phenoxy) is 3. The molecule has 3 amide bonds. The number of nitrogens with zero attached hydrogens (tertiary/aromatic N) is 2. The molecular weight excluding hydrogens is 454 g/mol. The zero-order valence-electron chi connectivity index (χ0n) is 19.1. The van der Waals surface area contributed by atoms with Gasteiger partial charge in [0.05, 0.1) is 44.6 Å². The van der Waals surface area contributed by atoms with Crippen LogP contribution in [-0.2, 0) is 16.0 Å². The number of aromatic nitrogens is 1. The van der Waals surface area contributed by atoms with Crippen LogP contribution >= 0.6 is 0 Å². The number of nitrogens with one attached hydrogen (secondary N) is 3. The lowest BCUT2D eigenvalue weighted by atomic mass is 10.1. The third kappa shape index (κ3) is 8.06. The van der Waals surface area contributed by atoms with Crippen molar-refractivity contribution < 1.29 is 28.2 Å². The summed E-state index contributed by atoms with van der Waals surface area (Å²) < 4.78 is 20.8. The molecule has 0 spiro atoms. The minimum atomic E-state index is -0.590. The van der Waals surface area contributed by atoms with Gasteiger partial charge in [0.15, 0.2) is 12.2 Å². The molecule has 1 aromatic heterocycles. The minimum Gasteiger partial charge on any atom is -0.496 e. The molecule has 182 valence electrons. The van der Waals surface area contributed by atoms with Crippen molar-refractivity contribution in [3.05, 3.63) is 60.6 Å². The highest BCUT2D eigenvalue weighted by Crippen LogP contribution is 2.32. The lowest BCUT2D eigenvalue weighted by molar-refractivity contribution is 0.0751. The number of methoxy groups -OCH3 is 1. The number of rotatable bonds is 11. The Balaban J connectivity index is 1.47. The van der Waals surface area contributed by atoms with Crippen LogP contribution < -0.4 is 20.7 Å². The van der Waals surface area contributed by atoms with Gasteiger partial charge in [0.2, 0.25) is 0 Å². The molecule has 0 aliphatic rings. The molecule has 0 aliphatic carbocycles. The summed E-state index contributed by atoms with van der Waals surface area (Å²) >= 11 is 0. The van der Waals surface area contributed by atoms with E-state index in [9.17, 15) is 9.59 Å². The SMILES string of the molecule is COc1cc(NC(=O)Nc2cccc(CNC(=O)OCCOCCC#N)c2)ccc1-c1cnco1. The van der Waals surface area contributed by atoms with Crippen LogP contribution in [0.1, 0.15) is 12.0 Å². The average Bonchev–Trinajstić information content (AvgIpc) is 3.40. The molecule has 0 radical (unpaired) electrons. The second-order valence-corrected chi connectivity index (χ2v) is 7.07. The predicted octanol–water partition coefficient (Wildman–Crippen LogP) is 4.15. The summed E-state index contributed by atoms with van der Waals surface area (Å²) in [4.78, 5) is 28.2. The second-order valence-electron chi connectivity index (χ2n) is 7.07. The van der Waals surface area contributed by atoms with E-state index in [-0.39, 0.29) is 19.8 Å². The van der Waals surface area contributed by atoms with Gasteiger partial charge in [-0.3, -0.25) is 0 Å². The van der Waals surface area contributed by atoms with Crippen LogP contribution in [0.3, 0.4) is 0 Å².